The van der Waals surface area contributed by atoms with Crippen LogP contribution in [0.25, 0.3) is 6.08 Å². The predicted octanol–water partition coefficient (Wildman–Crippen LogP) is 4.05. The Balaban J connectivity index is 1.63. The van der Waals surface area contributed by atoms with Crippen molar-refractivity contribution in [3.05, 3.63) is 44.9 Å². The van der Waals surface area contributed by atoms with Crippen LogP contribution in [-0.4, -0.2) is 40.2 Å². The van der Waals surface area contributed by atoms with Gasteiger partial charge in [-0.2, -0.15) is 5.10 Å². The van der Waals surface area contributed by atoms with Crippen LogP contribution in [0.5, 0.6) is 0 Å². The minimum absolute atomic E-state index is 0.110. The number of hydrogen-bond acceptors (Lipinski definition) is 4. The number of nitrogens with zero attached hydrogens (tertiary/aromatic N) is 3. The van der Waals surface area contributed by atoms with Crippen LogP contribution < -0.4 is 5.32 Å². The van der Waals surface area contributed by atoms with Crippen molar-refractivity contribution in [2.24, 2.45) is 13.0 Å². The second-order valence-electron chi connectivity index (χ2n) is 7.24. The first-order valence-corrected chi connectivity index (χ1v) is 10.6. The molecule has 3 heterocycles. The highest BCUT2D eigenvalue weighted by Crippen LogP contribution is 2.29. The Morgan fingerprint density at radius 2 is 2.22 bits per heavy atom. The first kappa shape index (κ1) is 20.1. The number of aromatic nitrogens is 2. The Bertz CT molecular complexity index is 791. The van der Waals surface area contributed by atoms with E-state index in [0.29, 0.717) is 11.7 Å². The van der Waals surface area contributed by atoms with Gasteiger partial charge in [0.15, 0.2) is 0 Å². The van der Waals surface area contributed by atoms with Crippen LogP contribution >= 0.6 is 22.9 Å². The fraction of sp³-hybridized carbons (Fsp3) is 0.500. The Hall–Kier alpha value is -1.63. The lowest BCUT2D eigenvalue weighted by Crippen LogP contribution is -2.41. The van der Waals surface area contributed by atoms with E-state index in [0.717, 1.165) is 30.3 Å². The molecule has 1 N–H and O–H groups in total. The zero-order chi connectivity index (χ0) is 19.4. The average molecular weight is 407 g/mol. The molecule has 0 aromatic carbocycles. The molecule has 0 aliphatic carbocycles. The largest absolute Gasteiger partial charge is 0.351 e. The monoisotopic (exact) mass is 406 g/mol. The van der Waals surface area contributed by atoms with Crippen molar-refractivity contribution >= 4 is 34.9 Å². The third-order valence-electron chi connectivity index (χ3n) is 5.20. The maximum absolute atomic E-state index is 12.4. The molecule has 1 aliphatic rings. The number of thiophene rings is 1. The molecule has 1 unspecified atom stereocenters. The van der Waals surface area contributed by atoms with Crippen LogP contribution in [0, 0.1) is 12.8 Å². The van der Waals surface area contributed by atoms with Crippen molar-refractivity contribution < 1.29 is 4.79 Å². The standard InChI is InChI=1S/C20H27ClN4OS/c1-14-8-10-25(11-9-14)17(18-5-4-12-27-18)13-22-19(26)7-6-16-15(2)23-24(3)20(16)21/h4-7,12,14,17H,8-11,13H2,1-3H3,(H,22,26)/b7-6+. The van der Waals surface area contributed by atoms with Crippen LogP contribution in [0.2, 0.25) is 5.15 Å². The summed E-state index contributed by atoms with van der Waals surface area (Å²) in [5.74, 6) is 0.677. The number of hydrogen-bond donors (Lipinski definition) is 1. The second-order valence-corrected chi connectivity index (χ2v) is 8.58. The summed E-state index contributed by atoms with van der Waals surface area (Å²) >= 11 is 7.97. The van der Waals surface area contributed by atoms with E-state index in [2.05, 4.69) is 39.8 Å². The Labute approximate surface area is 170 Å². The van der Waals surface area contributed by atoms with Gasteiger partial charge in [0.05, 0.1) is 11.7 Å². The fourth-order valence-corrected chi connectivity index (χ4v) is 4.58. The van der Waals surface area contributed by atoms with Gasteiger partial charge in [-0.3, -0.25) is 14.4 Å². The topological polar surface area (TPSA) is 50.2 Å². The van der Waals surface area contributed by atoms with Gasteiger partial charge in [0.1, 0.15) is 5.15 Å². The summed E-state index contributed by atoms with van der Waals surface area (Å²) in [6.07, 6.45) is 5.71. The van der Waals surface area contributed by atoms with Crippen LogP contribution in [0.15, 0.2) is 23.6 Å². The quantitative estimate of drug-likeness (QED) is 0.736. The number of carbonyl (C=O) groups excluding carboxylic acids is 1. The zero-order valence-electron chi connectivity index (χ0n) is 16.1. The number of halogens is 1. The van der Waals surface area contributed by atoms with Gasteiger partial charge in [-0.05, 0) is 56.3 Å². The molecule has 5 nitrogen and oxygen atoms in total. The van der Waals surface area contributed by atoms with E-state index in [1.54, 1.807) is 35.2 Å². The molecule has 2 aromatic rings. The fourth-order valence-electron chi connectivity index (χ4n) is 3.48. The van der Waals surface area contributed by atoms with Crippen molar-refractivity contribution in [1.29, 1.82) is 0 Å². The van der Waals surface area contributed by atoms with Crippen LogP contribution in [0.3, 0.4) is 0 Å². The molecule has 1 fully saturated rings. The first-order chi connectivity index (χ1) is 13.0. The van der Waals surface area contributed by atoms with E-state index >= 15 is 0 Å². The number of likely N-dealkylation sites (tertiary alicyclic amines) is 1. The molecule has 1 saturated heterocycles. The summed E-state index contributed by atoms with van der Waals surface area (Å²) in [4.78, 5) is 16.2. The molecule has 1 atom stereocenters. The van der Waals surface area contributed by atoms with Crippen molar-refractivity contribution in [2.75, 3.05) is 19.6 Å². The highest BCUT2D eigenvalue weighted by molar-refractivity contribution is 7.10. The summed E-state index contributed by atoms with van der Waals surface area (Å²) in [7, 11) is 1.79. The Kier molecular flexibility index (Phi) is 6.73. The molecule has 1 aliphatic heterocycles. The summed E-state index contributed by atoms with van der Waals surface area (Å²) in [5, 5.41) is 9.96. The molecular formula is C20H27ClN4OS. The lowest BCUT2D eigenvalue weighted by molar-refractivity contribution is -0.116. The van der Waals surface area contributed by atoms with Crippen LogP contribution in [0.1, 0.15) is 41.9 Å². The van der Waals surface area contributed by atoms with Crippen molar-refractivity contribution in [3.63, 3.8) is 0 Å². The Morgan fingerprint density at radius 1 is 1.48 bits per heavy atom. The highest BCUT2D eigenvalue weighted by atomic mass is 35.5. The third-order valence-corrected chi connectivity index (χ3v) is 6.62. The minimum Gasteiger partial charge on any atom is -0.351 e. The van der Waals surface area contributed by atoms with E-state index in [9.17, 15) is 4.79 Å². The number of carbonyl (C=O) groups is 1. The van der Waals surface area contributed by atoms with Gasteiger partial charge in [-0.15, -0.1) is 11.3 Å². The Morgan fingerprint density at radius 3 is 2.81 bits per heavy atom. The predicted molar refractivity (Wildman–Crippen MR) is 112 cm³/mol. The molecule has 7 heteroatoms. The molecule has 3 rings (SSSR count). The minimum atomic E-state index is -0.110. The summed E-state index contributed by atoms with van der Waals surface area (Å²) < 4.78 is 1.61. The molecule has 2 aromatic heterocycles. The number of piperidine rings is 1. The first-order valence-electron chi connectivity index (χ1n) is 9.38. The van der Waals surface area contributed by atoms with Crippen LogP contribution in [-0.2, 0) is 11.8 Å². The van der Waals surface area contributed by atoms with Gasteiger partial charge in [0.25, 0.3) is 0 Å². The molecule has 1 amide bonds. The van der Waals surface area contributed by atoms with Crippen molar-refractivity contribution in [3.8, 4) is 0 Å². The molecule has 27 heavy (non-hydrogen) atoms. The van der Waals surface area contributed by atoms with Gasteiger partial charge in [0.2, 0.25) is 5.91 Å². The summed E-state index contributed by atoms with van der Waals surface area (Å²) in [5.41, 5.74) is 1.60. The number of aryl methyl sites for hydroxylation is 2. The van der Waals surface area contributed by atoms with E-state index < -0.39 is 0 Å². The molecule has 0 radical (unpaired) electrons. The number of nitrogens with one attached hydrogen (secondary N) is 1. The lowest BCUT2D eigenvalue weighted by atomic mass is 9.97. The maximum Gasteiger partial charge on any atom is 0.244 e. The lowest BCUT2D eigenvalue weighted by Gasteiger charge is -2.36. The molecule has 146 valence electrons. The van der Waals surface area contributed by atoms with E-state index in [-0.39, 0.29) is 11.9 Å². The van der Waals surface area contributed by atoms with Gasteiger partial charge in [0, 0.05) is 30.1 Å². The molecule has 0 bridgehead atoms. The summed E-state index contributed by atoms with van der Waals surface area (Å²) in [6, 6.07) is 4.47. The normalized spacial score (nSPS) is 17.5. The van der Waals surface area contributed by atoms with E-state index in [1.165, 1.54) is 17.7 Å². The molecular weight excluding hydrogens is 380 g/mol. The SMILES string of the molecule is Cc1nn(C)c(Cl)c1/C=C/C(=O)NCC(c1cccs1)N1CCC(C)CC1. The van der Waals surface area contributed by atoms with Crippen molar-refractivity contribution in [1.82, 2.24) is 20.0 Å². The van der Waals surface area contributed by atoms with E-state index in [4.69, 9.17) is 11.6 Å². The van der Waals surface area contributed by atoms with Crippen molar-refractivity contribution in [2.45, 2.75) is 32.7 Å². The third kappa shape index (κ3) is 5.00. The number of rotatable bonds is 6. The average Bonchev–Trinajstić information content (AvgIpc) is 3.25. The van der Waals surface area contributed by atoms with E-state index in [1.807, 2.05) is 6.92 Å². The van der Waals surface area contributed by atoms with Crippen LogP contribution in [0.4, 0.5) is 0 Å². The van der Waals surface area contributed by atoms with Gasteiger partial charge >= 0.3 is 0 Å². The maximum atomic E-state index is 12.4. The smallest absolute Gasteiger partial charge is 0.244 e. The highest BCUT2D eigenvalue weighted by Gasteiger charge is 2.25. The van der Waals surface area contributed by atoms with Gasteiger partial charge in [-0.1, -0.05) is 24.6 Å². The summed E-state index contributed by atoms with van der Waals surface area (Å²) in [6.45, 7) is 6.97. The second kappa shape index (κ2) is 9.04. The molecule has 0 saturated carbocycles. The van der Waals surface area contributed by atoms with Gasteiger partial charge in [-0.25, -0.2) is 0 Å². The molecule has 0 spiro atoms. The number of amides is 1. The van der Waals surface area contributed by atoms with Gasteiger partial charge < -0.3 is 5.32 Å². The zero-order valence-corrected chi connectivity index (χ0v) is 17.7.